The van der Waals surface area contributed by atoms with Crippen molar-refractivity contribution < 1.29 is 9.90 Å². The minimum absolute atomic E-state index is 0.000417. The molecule has 0 aliphatic carbocycles. The van der Waals surface area contributed by atoms with Gasteiger partial charge in [-0.3, -0.25) is 0 Å². The third-order valence-corrected chi connectivity index (χ3v) is 0.561. The number of rotatable bonds is 3. The van der Waals surface area contributed by atoms with E-state index in [0.717, 1.165) is 0 Å². The van der Waals surface area contributed by atoms with Crippen LogP contribution in [0, 0.1) is 6.42 Å². The van der Waals surface area contributed by atoms with Crippen LogP contribution in [0.3, 0.4) is 0 Å². The third-order valence-electron chi connectivity index (χ3n) is 0.561. The van der Waals surface area contributed by atoms with E-state index < -0.39 is 0 Å². The van der Waals surface area contributed by atoms with Gasteiger partial charge in [-0.15, -0.1) is 0 Å². The van der Waals surface area contributed by atoms with Gasteiger partial charge in [0.25, 0.3) is 0 Å². The number of carbonyl (C=O) groups is 1. The van der Waals surface area contributed by atoms with Crippen LogP contribution in [0.5, 0.6) is 0 Å². The number of hydrogen-bond acceptors (Lipinski definition) is 2. The molecule has 0 aromatic rings. The van der Waals surface area contributed by atoms with Crippen LogP contribution in [0.15, 0.2) is 0 Å². The van der Waals surface area contributed by atoms with Crippen molar-refractivity contribution in [2.24, 2.45) is 0 Å². The molecule has 0 atom stereocenters. The Morgan fingerprint density at radius 2 is 2.43 bits per heavy atom. The maximum atomic E-state index is 10.1. The fourth-order valence-corrected chi connectivity index (χ4v) is 0.268. The summed E-state index contributed by atoms with van der Waals surface area (Å²) in [6, 6.07) is 0. The van der Waals surface area contributed by atoms with E-state index in [2.05, 4.69) is 0 Å². The van der Waals surface area contributed by atoms with Crippen molar-refractivity contribution >= 4 is 5.78 Å². The SMILES string of the molecule is CC(=O)C[CH]CO. The summed E-state index contributed by atoms with van der Waals surface area (Å²) in [5, 5.41) is 8.11. The second-order valence-electron chi connectivity index (χ2n) is 1.38. The Bertz CT molecular complexity index is 59.1. The lowest BCUT2D eigenvalue weighted by Gasteiger charge is -1.85. The van der Waals surface area contributed by atoms with Gasteiger partial charge in [0, 0.05) is 13.0 Å². The van der Waals surface area contributed by atoms with E-state index in [-0.39, 0.29) is 12.4 Å². The summed E-state index contributed by atoms with van der Waals surface area (Å²) >= 11 is 0. The molecule has 0 aromatic carbocycles. The van der Waals surface area contributed by atoms with Crippen LogP contribution in [0.1, 0.15) is 13.3 Å². The second-order valence-corrected chi connectivity index (χ2v) is 1.38. The molecule has 0 aliphatic rings. The number of aliphatic hydroxyl groups excluding tert-OH is 1. The first-order chi connectivity index (χ1) is 3.27. The summed E-state index contributed by atoms with van der Waals surface area (Å²) in [6.07, 6.45) is 1.92. The van der Waals surface area contributed by atoms with Gasteiger partial charge >= 0.3 is 0 Å². The summed E-state index contributed by atoms with van der Waals surface area (Å²) < 4.78 is 0. The van der Waals surface area contributed by atoms with E-state index in [4.69, 9.17) is 5.11 Å². The van der Waals surface area contributed by atoms with Crippen molar-refractivity contribution in [3.63, 3.8) is 0 Å². The number of aliphatic hydroxyl groups is 1. The average molecular weight is 101 g/mol. The Morgan fingerprint density at radius 3 is 2.57 bits per heavy atom. The van der Waals surface area contributed by atoms with Crippen LogP contribution in [0.25, 0.3) is 0 Å². The Kier molecular flexibility index (Phi) is 3.61. The Hall–Kier alpha value is -0.370. The van der Waals surface area contributed by atoms with Crippen LogP contribution >= 0.6 is 0 Å². The van der Waals surface area contributed by atoms with Gasteiger partial charge in [-0.05, 0) is 13.3 Å². The molecule has 0 rings (SSSR count). The smallest absolute Gasteiger partial charge is 0.130 e. The van der Waals surface area contributed by atoms with E-state index >= 15 is 0 Å². The summed E-state index contributed by atoms with van der Waals surface area (Å²) in [4.78, 5) is 10.1. The molecule has 0 amide bonds. The quantitative estimate of drug-likeness (QED) is 0.550. The normalized spacial score (nSPS) is 8.86. The minimum atomic E-state index is -0.000417. The lowest BCUT2D eigenvalue weighted by Crippen LogP contribution is -1.92. The predicted molar refractivity (Wildman–Crippen MR) is 26.7 cm³/mol. The van der Waals surface area contributed by atoms with Crippen molar-refractivity contribution in [1.82, 2.24) is 0 Å². The molecule has 2 nitrogen and oxygen atoms in total. The standard InChI is InChI=1S/C5H9O2/c1-5(7)3-2-4-6/h2,6H,3-4H2,1H3. The molecule has 7 heavy (non-hydrogen) atoms. The minimum Gasteiger partial charge on any atom is -0.396 e. The van der Waals surface area contributed by atoms with Crippen LogP contribution in [0.2, 0.25) is 0 Å². The molecule has 1 N–H and O–H groups in total. The lowest BCUT2D eigenvalue weighted by molar-refractivity contribution is -0.116. The van der Waals surface area contributed by atoms with E-state index in [1.165, 1.54) is 13.3 Å². The molecule has 0 bridgehead atoms. The van der Waals surface area contributed by atoms with E-state index in [9.17, 15) is 4.79 Å². The van der Waals surface area contributed by atoms with Crippen molar-refractivity contribution in [3.05, 3.63) is 6.42 Å². The lowest BCUT2D eigenvalue weighted by atomic mass is 10.2. The number of carbonyl (C=O) groups excluding carboxylic acids is 1. The van der Waals surface area contributed by atoms with Crippen LogP contribution < -0.4 is 0 Å². The average Bonchev–Trinajstić information content (AvgIpc) is 1.61. The number of Topliss-reactive ketones (excluding diaryl/α,β-unsaturated/α-hetero) is 1. The third kappa shape index (κ3) is 5.63. The zero-order chi connectivity index (χ0) is 5.70. The van der Waals surface area contributed by atoms with Crippen LogP contribution in [-0.4, -0.2) is 17.5 Å². The molecular formula is C5H9O2. The second kappa shape index (κ2) is 3.81. The van der Waals surface area contributed by atoms with E-state index in [0.29, 0.717) is 6.42 Å². The summed E-state index contributed by atoms with van der Waals surface area (Å²) in [6.45, 7) is 1.49. The molecule has 0 saturated heterocycles. The van der Waals surface area contributed by atoms with Crippen molar-refractivity contribution in [2.75, 3.05) is 6.61 Å². The summed E-state index contributed by atoms with van der Waals surface area (Å²) in [7, 11) is 0. The molecule has 0 aromatic heterocycles. The molecule has 0 aliphatic heterocycles. The van der Waals surface area contributed by atoms with Crippen molar-refractivity contribution in [1.29, 1.82) is 0 Å². The molecule has 0 spiro atoms. The topological polar surface area (TPSA) is 37.3 Å². The molecule has 0 heterocycles. The van der Waals surface area contributed by atoms with Gasteiger partial charge < -0.3 is 9.90 Å². The Labute approximate surface area is 43.2 Å². The van der Waals surface area contributed by atoms with E-state index in [1.54, 1.807) is 0 Å². The Balaban J connectivity index is 2.82. The van der Waals surface area contributed by atoms with Crippen molar-refractivity contribution in [3.8, 4) is 0 Å². The maximum absolute atomic E-state index is 10.1. The molecule has 0 unspecified atom stereocenters. The fourth-order valence-electron chi connectivity index (χ4n) is 0.268. The highest BCUT2D eigenvalue weighted by molar-refractivity contribution is 5.76. The van der Waals surface area contributed by atoms with Gasteiger partial charge in [-0.1, -0.05) is 0 Å². The maximum Gasteiger partial charge on any atom is 0.130 e. The first-order valence-electron chi connectivity index (χ1n) is 2.19. The molecule has 0 saturated carbocycles. The van der Waals surface area contributed by atoms with Gasteiger partial charge in [0.05, 0.1) is 0 Å². The number of ketones is 1. The highest BCUT2D eigenvalue weighted by Gasteiger charge is 1.88. The van der Waals surface area contributed by atoms with Crippen molar-refractivity contribution in [2.45, 2.75) is 13.3 Å². The monoisotopic (exact) mass is 101 g/mol. The summed E-state index contributed by atoms with van der Waals surface area (Å²) in [5.74, 6) is 0.0917. The van der Waals surface area contributed by atoms with Gasteiger partial charge in [0.1, 0.15) is 5.78 Å². The van der Waals surface area contributed by atoms with Gasteiger partial charge in [0.2, 0.25) is 0 Å². The molecule has 2 heteroatoms. The zero-order valence-electron chi connectivity index (χ0n) is 4.35. The molecule has 41 valence electrons. The summed E-state index contributed by atoms with van der Waals surface area (Å²) in [5.41, 5.74) is 0. The molecule has 0 fully saturated rings. The van der Waals surface area contributed by atoms with E-state index in [1.807, 2.05) is 0 Å². The van der Waals surface area contributed by atoms with Gasteiger partial charge in [-0.2, -0.15) is 0 Å². The Morgan fingerprint density at radius 1 is 1.86 bits per heavy atom. The van der Waals surface area contributed by atoms with Gasteiger partial charge in [-0.25, -0.2) is 0 Å². The molecular weight excluding hydrogens is 92.1 g/mol. The first kappa shape index (κ1) is 6.63. The largest absolute Gasteiger partial charge is 0.396 e. The van der Waals surface area contributed by atoms with Crippen LogP contribution in [0.4, 0.5) is 0 Å². The highest BCUT2D eigenvalue weighted by atomic mass is 16.3. The number of hydrogen-bond donors (Lipinski definition) is 1. The molecule has 1 radical (unpaired) electrons. The van der Waals surface area contributed by atoms with Crippen LogP contribution in [-0.2, 0) is 4.79 Å². The predicted octanol–water partition coefficient (Wildman–Crippen LogP) is 0.162. The van der Waals surface area contributed by atoms with Gasteiger partial charge in [0.15, 0.2) is 0 Å². The first-order valence-corrected chi connectivity index (χ1v) is 2.19. The fraction of sp³-hybridized carbons (Fsp3) is 0.600. The highest BCUT2D eigenvalue weighted by Crippen LogP contribution is 1.84. The zero-order valence-corrected chi connectivity index (χ0v) is 4.35.